The van der Waals surface area contributed by atoms with Gasteiger partial charge in [-0.3, -0.25) is 0 Å². The van der Waals surface area contributed by atoms with E-state index in [1.165, 1.54) is 16.0 Å². The lowest BCUT2D eigenvalue weighted by Crippen LogP contribution is -2.17. The number of hydrogen-bond donors (Lipinski definition) is 3. The molecule has 0 aliphatic rings. The Bertz CT molecular complexity index is 885. The number of aryl methyl sites for hydroxylation is 3. The smallest absolute Gasteiger partial charge is 0.227 e. The summed E-state index contributed by atoms with van der Waals surface area (Å²) in [6, 6.07) is 8.21. The molecular formula is C20H26N6S. The van der Waals surface area contributed by atoms with Crippen LogP contribution in [-0.2, 0) is 6.54 Å². The molecule has 4 N–H and O–H groups in total. The van der Waals surface area contributed by atoms with Gasteiger partial charge in [0.05, 0.1) is 5.69 Å². The van der Waals surface area contributed by atoms with Gasteiger partial charge in [0, 0.05) is 23.3 Å². The second kappa shape index (κ2) is 9.03. The fraction of sp³-hybridized carbons (Fsp3) is 0.350. The van der Waals surface area contributed by atoms with E-state index in [4.69, 9.17) is 10.7 Å². The van der Waals surface area contributed by atoms with Crippen LogP contribution in [0.5, 0.6) is 0 Å². The number of nitrogens with one attached hydrogen (secondary N) is 2. The lowest BCUT2D eigenvalue weighted by atomic mass is 10.1. The van der Waals surface area contributed by atoms with E-state index < -0.39 is 0 Å². The van der Waals surface area contributed by atoms with Gasteiger partial charge in [0.15, 0.2) is 0 Å². The highest BCUT2D eigenvalue weighted by Crippen LogP contribution is 2.27. The number of rotatable bonds is 8. The fourth-order valence-corrected chi connectivity index (χ4v) is 3.85. The molecule has 0 amide bonds. The molecule has 142 valence electrons. The average Bonchev–Trinajstić information content (AvgIpc) is 2.99. The zero-order chi connectivity index (χ0) is 19.2. The summed E-state index contributed by atoms with van der Waals surface area (Å²) < 4.78 is 0. The van der Waals surface area contributed by atoms with Crippen molar-refractivity contribution >= 4 is 23.0 Å². The minimum absolute atomic E-state index is 0.577. The highest BCUT2D eigenvalue weighted by atomic mass is 32.1. The van der Waals surface area contributed by atoms with Crippen molar-refractivity contribution in [3.63, 3.8) is 0 Å². The third-order valence-corrected chi connectivity index (χ3v) is 5.27. The molecule has 0 atom stereocenters. The summed E-state index contributed by atoms with van der Waals surface area (Å²) in [5.74, 6) is 0.577. The zero-order valence-corrected chi connectivity index (χ0v) is 16.9. The Morgan fingerprint density at radius 1 is 1.07 bits per heavy atom. The van der Waals surface area contributed by atoms with Gasteiger partial charge in [0.25, 0.3) is 0 Å². The fourth-order valence-electron chi connectivity index (χ4n) is 2.84. The molecule has 1 aromatic carbocycles. The second-order valence-electron chi connectivity index (χ2n) is 6.61. The molecule has 0 bridgehead atoms. The maximum absolute atomic E-state index is 5.53. The first-order valence-corrected chi connectivity index (χ1v) is 9.92. The first-order chi connectivity index (χ1) is 13.0. The van der Waals surface area contributed by atoms with Crippen molar-refractivity contribution in [1.29, 1.82) is 0 Å². The molecule has 0 saturated carbocycles. The second-order valence-corrected chi connectivity index (χ2v) is 7.70. The topological polar surface area (TPSA) is 88.8 Å². The molecule has 0 aliphatic carbocycles. The van der Waals surface area contributed by atoms with Crippen LogP contribution in [0.3, 0.4) is 0 Å². The van der Waals surface area contributed by atoms with E-state index in [1.807, 2.05) is 13.0 Å². The van der Waals surface area contributed by atoms with Crippen LogP contribution in [0, 0.1) is 20.8 Å². The monoisotopic (exact) mass is 382 g/mol. The maximum Gasteiger partial charge on any atom is 0.227 e. The van der Waals surface area contributed by atoms with Gasteiger partial charge < -0.3 is 16.4 Å². The molecule has 27 heavy (non-hydrogen) atoms. The van der Waals surface area contributed by atoms with Gasteiger partial charge in [-0.2, -0.15) is 0 Å². The van der Waals surface area contributed by atoms with E-state index >= 15 is 0 Å². The number of benzene rings is 1. The number of hydrogen-bond acceptors (Lipinski definition) is 7. The third kappa shape index (κ3) is 5.32. The van der Waals surface area contributed by atoms with Gasteiger partial charge in [-0.25, -0.2) is 15.0 Å². The average molecular weight is 383 g/mol. The summed E-state index contributed by atoms with van der Waals surface area (Å²) in [7, 11) is 0. The minimum Gasteiger partial charge on any atom is -0.330 e. The molecular weight excluding hydrogens is 356 g/mol. The molecule has 0 fully saturated rings. The molecule has 3 rings (SSSR count). The van der Waals surface area contributed by atoms with Gasteiger partial charge >= 0.3 is 0 Å². The number of thiazole rings is 1. The number of nitrogens with zero attached hydrogens (tertiary/aromatic N) is 3. The third-order valence-electron chi connectivity index (χ3n) is 4.09. The first-order valence-electron chi connectivity index (χ1n) is 9.11. The molecule has 7 heteroatoms. The molecule has 0 saturated heterocycles. The lowest BCUT2D eigenvalue weighted by molar-refractivity contribution is 0.658. The molecule has 0 aliphatic heterocycles. The maximum atomic E-state index is 5.53. The summed E-state index contributed by atoms with van der Waals surface area (Å²) in [6.07, 6.45) is 2.74. The van der Waals surface area contributed by atoms with E-state index in [-0.39, 0.29) is 0 Å². The van der Waals surface area contributed by atoms with Crippen LogP contribution in [0.15, 0.2) is 30.5 Å². The van der Waals surface area contributed by atoms with Gasteiger partial charge in [-0.15, -0.1) is 11.3 Å². The molecule has 2 heterocycles. The van der Waals surface area contributed by atoms with Crippen LogP contribution in [0.1, 0.15) is 28.1 Å². The number of aromatic nitrogens is 3. The van der Waals surface area contributed by atoms with E-state index in [9.17, 15) is 0 Å². The van der Waals surface area contributed by atoms with Crippen LogP contribution in [0.4, 0.5) is 11.6 Å². The van der Waals surface area contributed by atoms with Crippen molar-refractivity contribution in [2.24, 2.45) is 5.73 Å². The predicted molar refractivity (Wildman–Crippen MR) is 112 cm³/mol. The Balaban J connectivity index is 1.75. The van der Waals surface area contributed by atoms with Crippen LogP contribution in [0.2, 0.25) is 0 Å². The van der Waals surface area contributed by atoms with E-state index in [0.717, 1.165) is 41.6 Å². The van der Waals surface area contributed by atoms with Crippen LogP contribution >= 0.6 is 11.3 Å². The molecule has 0 radical (unpaired) electrons. The van der Waals surface area contributed by atoms with Crippen LogP contribution < -0.4 is 16.4 Å². The number of anilines is 2. The van der Waals surface area contributed by atoms with E-state index in [1.54, 1.807) is 17.5 Å². The van der Waals surface area contributed by atoms with Crippen LogP contribution in [0.25, 0.3) is 10.7 Å². The Kier molecular flexibility index (Phi) is 6.49. The lowest BCUT2D eigenvalue weighted by Gasteiger charge is -2.07. The van der Waals surface area contributed by atoms with Gasteiger partial charge in [0.1, 0.15) is 10.7 Å². The summed E-state index contributed by atoms with van der Waals surface area (Å²) >= 11 is 1.67. The van der Waals surface area contributed by atoms with Crippen molar-refractivity contribution in [1.82, 2.24) is 20.3 Å². The normalized spacial score (nSPS) is 11.0. The van der Waals surface area contributed by atoms with Crippen molar-refractivity contribution in [2.45, 2.75) is 33.7 Å². The zero-order valence-electron chi connectivity index (χ0n) is 16.0. The first kappa shape index (κ1) is 19.4. The van der Waals surface area contributed by atoms with E-state index in [2.05, 4.69) is 52.6 Å². The van der Waals surface area contributed by atoms with Gasteiger partial charge in [-0.1, -0.05) is 6.07 Å². The molecule has 0 spiro atoms. The number of nitrogens with two attached hydrogens (primary N) is 1. The molecule has 0 unspecified atom stereocenters. The Morgan fingerprint density at radius 2 is 1.85 bits per heavy atom. The SMILES string of the molecule is Cc1cc(C)cc(Nc2nccc(-c3nc(C)c(CNCCCN)s3)n2)c1. The Morgan fingerprint density at radius 3 is 2.59 bits per heavy atom. The molecule has 3 aromatic rings. The van der Waals surface area contributed by atoms with Crippen molar-refractivity contribution in [2.75, 3.05) is 18.4 Å². The summed E-state index contributed by atoms with van der Waals surface area (Å²) in [5, 5.41) is 7.62. The quantitative estimate of drug-likeness (QED) is 0.515. The predicted octanol–water partition coefficient (Wildman–Crippen LogP) is 3.71. The summed E-state index contributed by atoms with van der Waals surface area (Å²) in [6.45, 7) is 8.63. The summed E-state index contributed by atoms with van der Waals surface area (Å²) in [5.41, 5.74) is 10.8. The highest BCUT2D eigenvalue weighted by molar-refractivity contribution is 7.15. The van der Waals surface area contributed by atoms with Gasteiger partial charge in [-0.05, 0) is 69.6 Å². The molecule has 6 nitrogen and oxygen atoms in total. The largest absolute Gasteiger partial charge is 0.330 e. The van der Waals surface area contributed by atoms with E-state index in [0.29, 0.717) is 12.5 Å². The van der Waals surface area contributed by atoms with Crippen LogP contribution in [-0.4, -0.2) is 28.0 Å². The van der Waals surface area contributed by atoms with Crippen molar-refractivity contribution in [3.05, 3.63) is 52.2 Å². The Labute approximate surface area is 164 Å². The Hall–Kier alpha value is -2.35. The molecule has 2 aromatic heterocycles. The highest BCUT2D eigenvalue weighted by Gasteiger charge is 2.11. The van der Waals surface area contributed by atoms with Crippen molar-refractivity contribution < 1.29 is 0 Å². The van der Waals surface area contributed by atoms with Gasteiger partial charge in [0.2, 0.25) is 5.95 Å². The minimum atomic E-state index is 0.577. The summed E-state index contributed by atoms with van der Waals surface area (Å²) in [4.78, 5) is 14.9. The van der Waals surface area contributed by atoms with Crippen molar-refractivity contribution in [3.8, 4) is 10.7 Å². The standard InChI is InChI=1S/C20H26N6S/c1-13-9-14(2)11-16(10-13)25-20-23-8-5-17(26-20)19-24-15(3)18(27-19)12-22-7-4-6-21/h5,8-11,22H,4,6-7,12,21H2,1-3H3,(H,23,25,26).